The Hall–Kier alpha value is -2.68. The third kappa shape index (κ3) is 3.99. The maximum absolute atomic E-state index is 12.1. The number of nitro benzene ring substituents is 1. The van der Waals surface area contributed by atoms with Crippen LogP contribution < -0.4 is 5.32 Å². The largest absolute Gasteiger partial charge is 0.502 e. The molecular formula is C15H19N3O6. The summed E-state index contributed by atoms with van der Waals surface area (Å²) in [5.74, 6) is -1.84. The monoisotopic (exact) mass is 337 g/mol. The number of nitro groups is 1. The summed E-state index contributed by atoms with van der Waals surface area (Å²) in [6.45, 7) is 2.46. The van der Waals surface area contributed by atoms with Gasteiger partial charge in [-0.25, -0.2) is 0 Å². The van der Waals surface area contributed by atoms with E-state index in [0.29, 0.717) is 19.4 Å². The van der Waals surface area contributed by atoms with Crippen LogP contribution in [0.5, 0.6) is 5.75 Å². The third-order valence-corrected chi connectivity index (χ3v) is 4.14. The molecule has 1 saturated carbocycles. The molecule has 130 valence electrons. The lowest BCUT2D eigenvalue weighted by Gasteiger charge is -2.42. The van der Waals surface area contributed by atoms with Gasteiger partial charge in [-0.3, -0.25) is 24.6 Å². The van der Waals surface area contributed by atoms with E-state index in [1.807, 2.05) is 11.8 Å². The van der Waals surface area contributed by atoms with Crippen molar-refractivity contribution in [3.63, 3.8) is 0 Å². The summed E-state index contributed by atoms with van der Waals surface area (Å²) in [6, 6.07) is 3.46. The van der Waals surface area contributed by atoms with Crippen molar-refractivity contribution in [1.29, 1.82) is 0 Å². The summed E-state index contributed by atoms with van der Waals surface area (Å²) < 4.78 is 0. The number of carboxylic acids is 1. The lowest BCUT2D eigenvalue weighted by molar-refractivity contribution is -0.385. The fourth-order valence-corrected chi connectivity index (χ4v) is 2.76. The smallest absolute Gasteiger partial charge is 0.317 e. The van der Waals surface area contributed by atoms with E-state index in [4.69, 9.17) is 5.11 Å². The zero-order valence-electron chi connectivity index (χ0n) is 13.1. The molecule has 0 unspecified atom stereocenters. The fraction of sp³-hybridized carbons (Fsp3) is 0.467. The van der Waals surface area contributed by atoms with Gasteiger partial charge in [0, 0.05) is 23.7 Å². The first kappa shape index (κ1) is 17.7. The molecule has 0 radical (unpaired) electrons. The second-order valence-corrected chi connectivity index (χ2v) is 5.71. The van der Waals surface area contributed by atoms with Crippen LogP contribution in [0, 0.1) is 10.1 Å². The normalized spacial score (nSPS) is 19.6. The number of aromatic hydroxyl groups is 1. The van der Waals surface area contributed by atoms with Gasteiger partial charge in [0.25, 0.3) is 5.91 Å². The predicted molar refractivity (Wildman–Crippen MR) is 83.9 cm³/mol. The molecule has 24 heavy (non-hydrogen) atoms. The Kier molecular flexibility index (Phi) is 5.35. The van der Waals surface area contributed by atoms with Crippen molar-refractivity contribution in [3.8, 4) is 5.75 Å². The number of amides is 1. The van der Waals surface area contributed by atoms with Crippen LogP contribution in [-0.2, 0) is 4.79 Å². The van der Waals surface area contributed by atoms with Crippen LogP contribution in [-0.4, -0.2) is 57.1 Å². The number of hydrogen-bond acceptors (Lipinski definition) is 6. The zero-order chi connectivity index (χ0) is 17.9. The van der Waals surface area contributed by atoms with E-state index in [9.17, 15) is 24.8 Å². The number of hydrogen-bond donors (Lipinski definition) is 3. The van der Waals surface area contributed by atoms with Gasteiger partial charge in [0.1, 0.15) is 0 Å². The SMILES string of the molecule is CCN(CC(=O)O)C1CC(NC(=O)c2ccc(O)c([N+](=O)[O-])c2)C1. The molecule has 0 heterocycles. The van der Waals surface area contributed by atoms with Crippen LogP contribution in [0.3, 0.4) is 0 Å². The summed E-state index contributed by atoms with van der Waals surface area (Å²) in [7, 11) is 0. The predicted octanol–water partition coefficient (Wildman–Crippen LogP) is 0.968. The number of benzene rings is 1. The Morgan fingerprint density at radius 1 is 1.42 bits per heavy atom. The minimum Gasteiger partial charge on any atom is -0.502 e. The molecule has 0 saturated heterocycles. The van der Waals surface area contributed by atoms with Crippen LogP contribution in [0.1, 0.15) is 30.1 Å². The van der Waals surface area contributed by atoms with Crippen LogP contribution >= 0.6 is 0 Å². The van der Waals surface area contributed by atoms with E-state index in [1.165, 1.54) is 6.07 Å². The van der Waals surface area contributed by atoms with Crippen molar-refractivity contribution in [2.45, 2.75) is 31.8 Å². The van der Waals surface area contributed by atoms with E-state index >= 15 is 0 Å². The second-order valence-electron chi connectivity index (χ2n) is 5.71. The maximum atomic E-state index is 12.1. The Balaban J connectivity index is 1.92. The maximum Gasteiger partial charge on any atom is 0.317 e. The zero-order valence-corrected chi connectivity index (χ0v) is 13.1. The second kappa shape index (κ2) is 7.26. The van der Waals surface area contributed by atoms with Gasteiger partial charge in [-0.05, 0) is 31.5 Å². The lowest BCUT2D eigenvalue weighted by atomic mass is 9.85. The van der Waals surface area contributed by atoms with Gasteiger partial charge < -0.3 is 15.5 Å². The van der Waals surface area contributed by atoms with Crippen molar-refractivity contribution in [3.05, 3.63) is 33.9 Å². The summed E-state index contributed by atoms with van der Waals surface area (Å²) >= 11 is 0. The molecule has 1 aliphatic carbocycles. The van der Waals surface area contributed by atoms with E-state index in [-0.39, 0.29) is 24.2 Å². The highest BCUT2D eigenvalue weighted by Crippen LogP contribution is 2.28. The quantitative estimate of drug-likeness (QED) is 0.498. The highest BCUT2D eigenvalue weighted by atomic mass is 16.6. The number of rotatable bonds is 7. The minimum atomic E-state index is -0.888. The van der Waals surface area contributed by atoms with E-state index in [1.54, 1.807) is 0 Å². The highest BCUT2D eigenvalue weighted by Gasteiger charge is 2.35. The lowest BCUT2D eigenvalue weighted by Crippen LogP contribution is -2.54. The molecule has 2 rings (SSSR count). The van der Waals surface area contributed by atoms with E-state index in [0.717, 1.165) is 12.1 Å². The molecule has 0 spiro atoms. The number of carboxylic acid groups (broad SMARTS) is 1. The molecule has 1 aliphatic rings. The number of nitrogens with zero attached hydrogens (tertiary/aromatic N) is 2. The van der Waals surface area contributed by atoms with Gasteiger partial charge in [-0.2, -0.15) is 0 Å². The molecule has 9 nitrogen and oxygen atoms in total. The summed E-state index contributed by atoms with van der Waals surface area (Å²) in [6.07, 6.45) is 1.26. The molecule has 1 aromatic rings. The van der Waals surface area contributed by atoms with Gasteiger partial charge in [0.2, 0.25) is 0 Å². The van der Waals surface area contributed by atoms with Gasteiger partial charge in [-0.15, -0.1) is 0 Å². The number of phenols is 1. The number of likely N-dealkylation sites (N-methyl/N-ethyl adjacent to an activating group) is 1. The molecule has 1 aromatic carbocycles. The third-order valence-electron chi connectivity index (χ3n) is 4.14. The number of carbonyl (C=O) groups excluding carboxylic acids is 1. The summed E-state index contributed by atoms with van der Waals surface area (Å²) in [4.78, 5) is 34.8. The number of phenolic OH excluding ortho intramolecular Hbond substituents is 1. The topological polar surface area (TPSA) is 133 Å². The molecule has 3 N–H and O–H groups in total. The molecule has 0 aromatic heterocycles. The van der Waals surface area contributed by atoms with Crippen molar-refractivity contribution in [2.75, 3.05) is 13.1 Å². The van der Waals surface area contributed by atoms with Crippen LogP contribution in [0.4, 0.5) is 5.69 Å². The fourth-order valence-electron chi connectivity index (χ4n) is 2.76. The average Bonchev–Trinajstić information content (AvgIpc) is 2.48. The Morgan fingerprint density at radius 3 is 2.62 bits per heavy atom. The van der Waals surface area contributed by atoms with Crippen molar-refractivity contribution in [2.24, 2.45) is 0 Å². The molecule has 1 fully saturated rings. The molecule has 1 amide bonds. The summed E-state index contributed by atoms with van der Waals surface area (Å²) in [5.41, 5.74) is -0.423. The van der Waals surface area contributed by atoms with Gasteiger partial charge >= 0.3 is 11.7 Å². The number of carbonyl (C=O) groups is 2. The van der Waals surface area contributed by atoms with Crippen molar-refractivity contribution in [1.82, 2.24) is 10.2 Å². The minimum absolute atomic E-state index is 0.0357. The van der Waals surface area contributed by atoms with Crippen LogP contribution in [0.2, 0.25) is 0 Å². The molecular weight excluding hydrogens is 318 g/mol. The molecule has 9 heteroatoms. The number of nitrogens with one attached hydrogen (secondary N) is 1. The Labute approximate surface area is 138 Å². The van der Waals surface area contributed by atoms with Crippen LogP contribution in [0.25, 0.3) is 0 Å². The standard InChI is InChI=1S/C15H19N3O6/c1-2-17(8-14(20)21)11-6-10(7-11)16-15(22)9-3-4-13(19)12(5-9)18(23)24/h3-5,10-11,19H,2,6-8H2,1H3,(H,16,22)(H,20,21). The first-order chi connectivity index (χ1) is 11.3. The summed E-state index contributed by atoms with van der Waals surface area (Å²) in [5, 5.41) is 31.8. The van der Waals surface area contributed by atoms with Crippen LogP contribution in [0.15, 0.2) is 18.2 Å². The van der Waals surface area contributed by atoms with E-state index in [2.05, 4.69) is 5.32 Å². The molecule has 0 atom stereocenters. The Bertz CT molecular complexity index is 657. The number of aliphatic carboxylic acids is 1. The first-order valence-corrected chi connectivity index (χ1v) is 7.56. The molecule has 0 bridgehead atoms. The first-order valence-electron chi connectivity index (χ1n) is 7.56. The van der Waals surface area contributed by atoms with Gasteiger partial charge in [0.15, 0.2) is 5.75 Å². The molecule has 0 aliphatic heterocycles. The van der Waals surface area contributed by atoms with Crippen molar-refractivity contribution < 1.29 is 24.7 Å². The van der Waals surface area contributed by atoms with Gasteiger partial charge in [-0.1, -0.05) is 6.92 Å². The van der Waals surface area contributed by atoms with Crippen molar-refractivity contribution >= 4 is 17.6 Å². The highest BCUT2D eigenvalue weighted by molar-refractivity contribution is 5.95. The van der Waals surface area contributed by atoms with E-state index < -0.39 is 28.2 Å². The Morgan fingerprint density at radius 2 is 2.08 bits per heavy atom. The average molecular weight is 337 g/mol. The van der Waals surface area contributed by atoms with Gasteiger partial charge in [0.05, 0.1) is 11.5 Å².